The molecule has 0 saturated carbocycles. The molecule has 2 aliphatic heterocycles. The summed E-state index contributed by atoms with van der Waals surface area (Å²) in [7, 11) is 0. The van der Waals surface area contributed by atoms with Crippen molar-refractivity contribution in [1.82, 2.24) is 25.4 Å². The first-order chi connectivity index (χ1) is 19.7. The van der Waals surface area contributed by atoms with Crippen molar-refractivity contribution in [1.29, 1.82) is 0 Å². The van der Waals surface area contributed by atoms with Crippen LogP contribution in [-0.2, 0) is 22.1 Å². The van der Waals surface area contributed by atoms with Crippen LogP contribution in [0.3, 0.4) is 0 Å². The Bertz CT molecular complexity index is 1390. The fourth-order valence-corrected chi connectivity index (χ4v) is 7.81. The van der Waals surface area contributed by atoms with Gasteiger partial charge in [0.2, 0.25) is 11.9 Å². The molecule has 1 amide bonds. The van der Waals surface area contributed by atoms with Crippen LogP contribution in [0.2, 0.25) is 0 Å². The highest BCUT2D eigenvalue weighted by Crippen LogP contribution is 2.45. The average Bonchev–Trinajstić information content (AvgIpc) is 3.57. The van der Waals surface area contributed by atoms with E-state index in [-0.39, 0.29) is 40.2 Å². The summed E-state index contributed by atoms with van der Waals surface area (Å²) in [5.41, 5.74) is 1.73. The molecule has 0 spiro atoms. The normalized spacial score (nSPS) is 25.3. The topological polar surface area (TPSA) is 95.2 Å². The number of carbonyl (C=O) groups is 1. The van der Waals surface area contributed by atoms with Crippen molar-refractivity contribution < 1.29 is 27.1 Å². The highest BCUT2D eigenvalue weighted by molar-refractivity contribution is 8.00. The van der Waals surface area contributed by atoms with Gasteiger partial charge in [-0.1, -0.05) is 0 Å². The number of fused-ring (bicyclic) bond motifs is 2. The number of aromatic nitrogens is 3. The lowest BCUT2D eigenvalue weighted by Gasteiger charge is -2.26. The number of nitrogens with zero attached hydrogens (tertiary/aromatic N) is 3. The molecule has 4 heterocycles. The molecule has 8 nitrogen and oxygen atoms in total. The number of halogens is 4. The standard InChI is InChI=1S/C28H32F4N6O2S/c29-25-10-16-3-6-23(20(16)12-33-25)41-24-15-38(18-2-1-8-40-9-7-18)14-22(24)35-26(39)13-34-27-19-11-17(28(30,31)32)4-5-21(19)36-37-27/h4-5,10-12,18,22-24H,1-3,6-9,13-15H2,(H,35,39)(H2,34,36,37)/t18?,22?,23?,24-/m0/s1. The smallest absolute Gasteiger partial charge is 0.381 e. The maximum absolute atomic E-state index is 13.7. The third kappa shape index (κ3) is 6.31. The number of aryl methyl sites for hydroxylation is 1. The summed E-state index contributed by atoms with van der Waals surface area (Å²) in [6.45, 7) is 2.88. The summed E-state index contributed by atoms with van der Waals surface area (Å²) in [6.07, 6.45) is 1.85. The van der Waals surface area contributed by atoms with Gasteiger partial charge in [0, 0.05) is 54.4 Å². The Balaban J connectivity index is 1.14. The largest absolute Gasteiger partial charge is 0.416 e. The van der Waals surface area contributed by atoms with Crippen LogP contribution in [0.15, 0.2) is 30.5 Å². The number of hydrogen-bond donors (Lipinski definition) is 3. The third-order valence-electron chi connectivity index (χ3n) is 8.24. The van der Waals surface area contributed by atoms with E-state index in [9.17, 15) is 22.4 Å². The molecule has 2 saturated heterocycles. The predicted octanol–water partition coefficient (Wildman–Crippen LogP) is 4.69. The number of H-pyrrole nitrogens is 1. The van der Waals surface area contributed by atoms with Crippen molar-refractivity contribution >= 4 is 34.4 Å². The summed E-state index contributed by atoms with van der Waals surface area (Å²) < 4.78 is 59.0. The number of benzene rings is 1. The number of pyridine rings is 1. The molecule has 2 fully saturated rings. The van der Waals surface area contributed by atoms with Crippen molar-refractivity contribution in [2.45, 2.75) is 60.9 Å². The van der Waals surface area contributed by atoms with Gasteiger partial charge < -0.3 is 15.4 Å². The van der Waals surface area contributed by atoms with E-state index >= 15 is 0 Å². The molecule has 3 aliphatic rings. The van der Waals surface area contributed by atoms with E-state index in [0.717, 1.165) is 75.1 Å². The Morgan fingerprint density at radius 2 is 2.05 bits per heavy atom. The first-order valence-electron chi connectivity index (χ1n) is 13.9. The summed E-state index contributed by atoms with van der Waals surface area (Å²) in [6, 6.07) is 5.13. The van der Waals surface area contributed by atoms with Crippen molar-refractivity contribution in [2.24, 2.45) is 0 Å². The summed E-state index contributed by atoms with van der Waals surface area (Å²) in [4.78, 5) is 19.4. The van der Waals surface area contributed by atoms with Gasteiger partial charge in [0.25, 0.3) is 0 Å². The molecule has 6 rings (SSSR count). The first kappa shape index (κ1) is 28.2. The number of alkyl halides is 3. The molecule has 3 unspecified atom stereocenters. The summed E-state index contributed by atoms with van der Waals surface area (Å²) in [5, 5.41) is 13.4. The molecule has 1 aliphatic carbocycles. The van der Waals surface area contributed by atoms with E-state index < -0.39 is 17.7 Å². The quantitative estimate of drug-likeness (QED) is 0.271. The van der Waals surface area contributed by atoms with Gasteiger partial charge in [-0.2, -0.15) is 22.7 Å². The molecule has 3 aromatic rings. The second-order valence-corrected chi connectivity index (χ2v) is 12.4. The number of anilines is 1. The van der Waals surface area contributed by atoms with Crippen molar-refractivity contribution in [3.05, 3.63) is 53.1 Å². The van der Waals surface area contributed by atoms with Crippen LogP contribution in [0.1, 0.15) is 47.6 Å². The van der Waals surface area contributed by atoms with Crippen molar-refractivity contribution in [3.8, 4) is 0 Å². The molecule has 1 aromatic carbocycles. The lowest BCUT2D eigenvalue weighted by Crippen LogP contribution is -2.44. The molecular formula is C28H32F4N6O2S. The number of thioether (sulfide) groups is 1. The van der Waals surface area contributed by atoms with Gasteiger partial charge in [0.05, 0.1) is 23.7 Å². The zero-order valence-corrected chi connectivity index (χ0v) is 23.2. The SMILES string of the molecule is O=C(CNc1n[nH]c2ccc(C(F)(F)F)cc12)NC1CN(C2CCCOCC2)C[C@@H]1SC1CCc2cc(F)ncc21. The summed E-state index contributed by atoms with van der Waals surface area (Å²) in [5.74, 6) is -0.528. The van der Waals surface area contributed by atoms with Gasteiger partial charge in [0.15, 0.2) is 5.82 Å². The minimum absolute atomic E-state index is 0.115. The number of carbonyl (C=O) groups excluding carboxylic acids is 1. The van der Waals surface area contributed by atoms with Crippen molar-refractivity contribution in [2.75, 3.05) is 38.2 Å². The van der Waals surface area contributed by atoms with Crippen LogP contribution >= 0.6 is 11.8 Å². The fourth-order valence-electron chi connectivity index (χ4n) is 6.16. The van der Waals surface area contributed by atoms with Gasteiger partial charge in [-0.3, -0.25) is 14.8 Å². The van der Waals surface area contributed by atoms with Gasteiger partial charge in [-0.25, -0.2) is 4.98 Å². The Labute approximate surface area is 239 Å². The molecular weight excluding hydrogens is 560 g/mol. The van der Waals surface area contributed by atoms with E-state index in [1.165, 1.54) is 12.1 Å². The average molecular weight is 593 g/mol. The van der Waals surface area contributed by atoms with Crippen LogP contribution in [0.25, 0.3) is 10.9 Å². The van der Waals surface area contributed by atoms with E-state index in [0.29, 0.717) is 18.1 Å². The van der Waals surface area contributed by atoms with Crippen LogP contribution in [0.5, 0.6) is 0 Å². The van der Waals surface area contributed by atoms with Gasteiger partial charge in [-0.15, -0.1) is 11.8 Å². The van der Waals surface area contributed by atoms with E-state index in [1.54, 1.807) is 6.20 Å². The highest BCUT2D eigenvalue weighted by atomic mass is 32.2. The van der Waals surface area contributed by atoms with Crippen LogP contribution < -0.4 is 10.6 Å². The second-order valence-electron chi connectivity index (χ2n) is 10.9. The first-order valence-corrected chi connectivity index (χ1v) is 14.9. The molecule has 0 bridgehead atoms. The van der Waals surface area contributed by atoms with Crippen LogP contribution in [-0.4, -0.2) is 76.2 Å². The number of ether oxygens (including phenoxy) is 1. The Morgan fingerprint density at radius 3 is 2.90 bits per heavy atom. The van der Waals surface area contributed by atoms with E-state index in [2.05, 4.69) is 30.7 Å². The number of nitrogens with one attached hydrogen (secondary N) is 3. The molecule has 3 N–H and O–H groups in total. The third-order valence-corrected chi connectivity index (χ3v) is 9.88. The lowest BCUT2D eigenvalue weighted by molar-refractivity contribution is -0.137. The zero-order chi connectivity index (χ0) is 28.6. The maximum atomic E-state index is 13.7. The number of likely N-dealkylation sites (tertiary alicyclic amines) is 1. The lowest BCUT2D eigenvalue weighted by atomic mass is 10.1. The molecule has 13 heteroatoms. The fraction of sp³-hybridized carbons (Fsp3) is 0.536. The molecule has 0 radical (unpaired) electrons. The number of rotatable bonds is 7. The van der Waals surface area contributed by atoms with Gasteiger partial charge >= 0.3 is 6.18 Å². The minimum Gasteiger partial charge on any atom is -0.381 e. The van der Waals surface area contributed by atoms with Gasteiger partial charge in [0.1, 0.15) is 0 Å². The van der Waals surface area contributed by atoms with Crippen LogP contribution in [0.4, 0.5) is 23.4 Å². The number of hydrogen-bond acceptors (Lipinski definition) is 7. The monoisotopic (exact) mass is 592 g/mol. The van der Waals surface area contributed by atoms with Crippen LogP contribution in [0, 0.1) is 5.95 Å². The van der Waals surface area contributed by atoms with Crippen molar-refractivity contribution in [3.63, 3.8) is 0 Å². The number of amides is 1. The molecule has 2 aromatic heterocycles. The van der Waals surface area contributed by atoms with E-state index in [1.807, 2.05) is 11.8 Å². The molecule has 4 atom stereocenters. The zero-order valence-electron chi connectivity index (χ0n) is 22.3. The molecule has 41 heavy (non-hydrogen) atoms. The Morgan fingerprint density at radius 1 is 1.17 bits per heavy atom. The minimum atomic E-state index is -4.48. The second kappa shape index (κ2) is 11.8. The van der Waals surface area contributed by atoms with Gasteiger partial charge in [-0.05, 0) is 67.5 Å². The predicted molar refractivity (Wildman–Crippen MR) is 148 cm³/mol. The Hall–Kier alpha value is -2.90. The number of aromatic amines is 1. The molecule has 220 valence electrons. The maximum Gasteiger partial charge on any atom is 0.416 e. The Kier molecular flexibility index (Phi) is 8.10. The van der Waals surface area contributed by atoms with E-state index in [4.69, 9.17) is 4.74 Å². The highest BCUT2D eigenvalue weighted by Gasteiger charge is 2.40. The summed E-state index contributed by atoms with van der Waals surface area (Å²) >= 11 is 1.81.